The van der Waals surface area contributed by atoms with E-state index < -0.39 is 24.5 Å². The van der Waals surface area contributed by atoms with E-state index in [-0.39, 0.29) is 5.91 Å². The van der Waals surface area contributed by atoms with Crippen LogP contribution in [0, 0.1) is 0 Å². The number of amides is 2. The maximum Gasteiger partial charge on any atom is 0.328 e. The van der Waals surface area contributed by atoms with Crippen molar-refractivity contribution in [1.82, 2.24) is 10.6 Å². The predicted molar refractivity (Wildman–Crippen MR) is 128 cm³/mol. The minimum atomic E-state index is -0.884. The first-order chi connectivity index (χ1) is 15.8. The van der Waals surface area contributed by atoms with Crippen molar-refractivity contribution in [1.29, 1.82) is 0 Å². The first-order valence-corrected chi connectivity index (χ1v) is 10.9. The highest BCUT2D eigenvalue weighted by molar-refractivity contribution is 5.94. The minimum Gasteiger partial charge on any atom is -0.497 e. The first kappa shape index (κ1) is 25.6. The summed E-state index contributed by atoms with van der Waals surface area (Å²) < 4.78 is 10.1. The Hall–Kier alpha value is -3.61. The molecule has 2 N–H and O–H groups in total. The smallest absolute Gasteiger partial charge is 0.328 e. The molecule has 0 aliphatic heterocycles. The number of nitrogens with one attached hydrogen (secondary N) is 2. The number of ether oxygens (including phenoxy) is 2. The average molecular weight is 453 g/mol. The van der Waals surface area contributed by atoms with Gasteiger partial charge >= 0.3 is 5.97 Å². The number of benzene rings is 2. The maximum absolute atomic E-state index is 12.1. The summed E-state index contributed by atoms with van der Waals surface area (Å²) in [6, 6.07) is 14.6. The molecular formula is C26H32N2O5. The molecule has 2 amide bonds. The highest BCUT2D eigenvalue weighted by atomic mass is 16.5. The second-order valence-electron chi connectivity index (χ2n) is 7.94. The third-order valence-electron chi connectivity index (χ3n) is 4.98. The molecule has 0 bridgehead atoms. The Morgan fingerprint density at radius 3 is 2.24 bits per heavy atom. The molecule has 1 atom stereocenters. The van der Waals surface area contributed by atoms with Gasteiger partial charge < -0.3 is 20.1 Å². The number of hydrogen-bond acceptors (Lipinski definition) is 5. The van der Waals surface area contributed by atoms with Crippen LogP contribution >= 0.6 is 0 Å². The van der Waals surface area contributed by atoms with Crippen LogP contribution in [0.25, 0.3) is 6.08 Å². The minimum absolute atomic E-state index is 0.389. The number of carbonyl (C=O) groups excluding carboxylic acids is 3. The van der Waals surface area contributed by atoms with Gasteiger partial charge in [0.05, 0.1) is 7.11 Å². The van der Waals surface area contributed by atoms with Crippen LogP contribution in [0.2, 0.25) is 0 Å². The van der Waals surface area contributed by atoms with Crippen LogP contribution in [-0.2, 0) is 25.5 Å². The SMILES string of the molecule is COc1ccc(/C=C/C(=O)N[C@@H](C)C(=O)OCC(=O)NCCc2ccc(C(C)C)cc2)cc1. The molecule has 7 heteroatoms. The molecule has 0 heterocycles. The molecule has 176 valence electrons. The van der Waals surface area contributed by atoms with Gasteiger partial charge in [-0.2, -0.15) is 0 Å². The second-order valence-corrected chi connectivity index (χ2v) is 7.94. The van der Waals surface area contributed by atoms with Gasteiger partial charge in [-0.25, -0.2) is 4.79 Å². The molecule has 0 aliphatic rings. The Labute approximate surface area is 195 Å². The van der Waals surface area contributed by atoms with Crippen LogP contribution in [0.1, 0.15) is 43.4 Å². The summed E-state index contributed by atoms with van der Waals surface area (Å²) in [5.41, 5.74) is 3.21. The number of hydrogen-bond donors (Lipinski definition) is 2. The Kier molecular flexibility index (Phi) is 10.1. The second kappa shape index (κ2) is 13.1. The van der Waals surface area contributed by atoms with Gasteiger partial charge in [-0.1, -0.05) is 50.2 Å². The molecule has 0 radical (unpaired) electrons. The summed E-state index contributed by atoms with van der Waals surface area (Å²) in [5.74, 6) is -0.314. The summed E-state index contributed by atoms with van der Waals surface area (Å²) in [5, 5.41) is 5.24. The lowest BCUT2D eigenvalue weighted by Crippen LogP contribution is -2.40. The molecule has 0 spiro atoms. The summed E-state index contributed by atoms with van der Waals surface area (Å²) >= 11 is 0. The lowest BCUT2D eigenvalue weighted by Gasteiger charge is -2.12. The van der Waals surface area contributed by atoms with E-state index in [4.69, 9.17) is 9.47 Å². The van der Waals surface area contributed by atoms with Gasteiger partial charge in [0.15, 0.2) is 6.61 Å². The van der Waals surface area contributed by atoms with Gasteiger partial charge in [-0.3, -0.25) is 9.59 Å². The van der Waals surface area contributed by atoms with Crippen molar-refractivity contribution in [2.24, 2.45) is 0 Å². The summed E-state index contributed by atoms with van der Waals surface area (Å²) in [7, 11) is 1.58. The van der Waals surface area contributed by atoms with Crippen LogP contribution in [0.5, 0.6) is 5.75 Å². The van der Waals surface area contributed by atoms with Gasteiger partial charge in [-0.05, 0) is 54.2 Å². The first-order valence-electron chi connectivity index (χ1n) is 10.9. The van der Waals surface area contributed by atoms with Crippen molar-refractivity contribution in [3.8, 4) is 5.75 Å². The highest BCUT2D eigenvalue weighted by Crippen LogP contribution is 2.15. The third kappa shape index (κ3) is 9.19. The van der Waals surface area contributed by atoms with Gasteiger partial charge in [-0.15, -0.1) is 0 Å². The number of methoxy groups -OCH3 is 1. The van der Waals surface area contributed by atoms with E-state index in [2.05, 4.69) is 48.7 Å². The van der Waals surface area contributed by atoms with E-state index in [1.165, 1.54) is 18.6 Å². The van der Waals surface area contributed by atoms with E-state index in [0.717, 1.165) is 16.9 Å². The molecule has 0 saturated carbocycles. The Morgan fingerprint density at radius 2 is 1.64 bits per heavy atom. The summed E-state index contributed by atoms with van der Waals surface area (Å²) in [4.78, 5) is 36.0. The fourth-order valence-corrected chi connectivity index (χ4v) is 2.94. The van der Waals surface area contributed by atoms with Crippen molar-refractivity contribution < 1.29 is 23.9 Å². The van der Waals surface area contributed by atoms with E-state index in [1.54, 1.807) is 37.5 Å². The predicted octanol–water partition coefficient (Wildman–Crippen LogP) is 3.24. The number of rotatable bonds is 11. The van der Waals surface area contributed by atoms with Gasteiger partial charge in [0, 0.05) is 12.6 Å². The zero-order chi connectivity index (χ0) is 24.2. The van der Waals surface area contributed by atoms with E-state index in [9.17, 15) is 14.4 Å². The molecule has 2 rings (SSSR count). The molecule has 33 heavy (non-hydrogen) atoms. The van der Waals surface area contributed by atoms with E-state index >= 15 is 0 Å². The zero-order valence-electron chi connectivity index (χ0n) is 19.6. The van der Waals surface area contributed by atoms with Crippen molar-refractivity contribution in [3.05, 3.63) is 71.3 Å². The Morgan fingerprint density at radius 1 is 0.970 bits per heavy atom. The maximum atomic E-state index is 12.1. The normalized spacial score (nSPS) is 11.8. The standard InChI is InChI=1S/C26H32N2O5/c1-18(2)22-10-5-21(6-11-22)15-16-27-25(30)17-33-26(31)19(3)28-24(29)14-9-20-7-12-23(32-4)13-8-20/h5-14,18-19H,15-17H2,1-4H3,(H,27,30)(H,28,29)/b14-9+/t19-/m0/s1. The zero-order valence-corrected chi connectivity index (χ0v) is 19.6. The number of carbonyl (C=O) groups is 3. The van der Waals surface area contributed by atoms with Gasteiger partial charge in [0.1, 0.15) is 11.8 Å². The van der Waals surface area contributed by atoms with Crippen LogP contribution in [0.4, 0.5) is 0 Å². The fraction of sp³-hybridized carbons (Fsp3) is 0.346. The summed E-state index contributed by atoms with van der Waals surface area (Å²) in [6.45, 7) is 5.83. The van der Waals surface area contributed by atoms with Crippen LogP contribution in [-0.4, -0.2) is 44.1 Å². The Bertz CT molecular complexity index is 950. The molecule has 0 unspecified atom stereocenters. The molecule has 0 fully saturated rings. The van der Waals surface area contributed by atoms with Crippen LogP contribution in [0.15, 0.2) is 54.6 Å². The molecule has 0 saturated heterocycles. The fourth-order valence-electron chi connectivity index (χ4n) is 2.94. The lowest BCUT2D eigenvalue weighted by atomic mass is 10.0. The molecule has 2 aromatic rings. The molecule has 0 aromatic heterocycles. The Balaban J connectivity index is 1.67. The highest BCUT2D eigenvalue weighted by Gasteiger charge is 2.17. The average Bonchev–Trinajstić information content (AvgIpc) is 2.81. The third-order valence-corrected chi connectivity index (χ3v) is 4.98. The van der Waals surface area contributed by atoms with Gasteiger partial charge in [0.2, 0.25) is 5.91 Å². The molecular weight excluding hydrogens is 420 g/mol. The van der Waals surface area contributed by atoms with E-state index in [0.29, 0.717) is 18.9 Å². The number of esters is 1. The molecule has 2 aromatic carbocycles. The van der Waals surface area contributed by atoms with Crippen LogP contribution in [0.3, 0.4) is 0 Å². The largest absolute Gasteiger partial charge is 0.497 e. The van der Waals surface area contributed by atoms with Gasteiger partial charge in [0.25, 0.3) is 5.91 Å². The summed E-state index contributed by atoms with van der Waals surface area (Å²) in [6.07, 6.45) is 3.63. The van der Waals surface area contributed by atoms with E-state index in [1.807, 2.05) is 0 Å². The molecule has 0 aliphatic carbocycles. The lowest BCUT2D eigenvalue weighted by molar-refractivity contribution is -0.150. The van der Waals surface area contributed by atoms with Crippen molar-refractivity contribution in [2.45, 2.75) is 39.2 Å². The monoisotopic (exact) mass is 452 g/mol. The topological polar surface area (TPSA) is 93.7 Å². The molecule has 7 nitrogen and oxygen atoms in total. The van der Waals surface area contributed by atoms with Crippen molar-refractivity contribution >= 4 is 23.9 Å². The van der Waals surface area contributed by atoms with Crippen LogP contribution < -0.4 is 15.4 Å². The van der Waals surface area contributed by atoms with Crippen molar-refractivity contribution in [3.63, 3.8) is 0 Å². The quantitative estimate of drug-likeness (QED) is 0.403. The van der Waals surface area contributed by atoms with Crippen molar-refractivity contribution in [2.75, 3.05) is 20.3 Å².